The van der Waals surface area contributed by atoms with E-state index in [0.717, 1.165) is 0 Å². The van der Waals surface area contributed by atoms with Gasteiger partial charge in [-0.3, -0.25) is 0 Å². The second-order valence-corrected chi connectivity index (χ2v) is 4.24. The maximum absolute atomic E-state index is 10.8. The lowest BCUT2D eigenvalue weighted by Crippen LogP contribution is -2.26. The van der Waals surface area contributed by atoms with Crippen molar-refractivity contribution in [1.82, 2.24) is 3.71 Å². The molecule has 0 radical (unpaired) electrons. The third-order valence-electron chi connectivity index (χ3n) is 0.921. The van der Waals surface area contributed by atoms with Crippen molar-refractivity contribution in [3.05, 3.63) is 12.7 Å². The molecule has 0 aliphatic carbocycles. The van der Waals surface area contributed by atoms with E-state index >= 15 is 0 Å². The third-order valence-corrected chi connectivity index (χ3v) is 3.66. The van der Waals surface area contributed by atoms with Gasteiger partial charge in [-0.25, -0.2) is 8.39 Å². The number of rotatable bonds is 2. The van der Waals surface area contributed by atoms with E-state index in [1.807, 2.05) is 0 Å². The fourth-order valence-corrected chi connectivity index (χ4v) is 2.71. The molecular weight excluding hydrogens is 174 g/mol. The molecule has 1 fully saturated rings. The van der Waals surface area contributed by atoms with Crippen LogP contribution < -0.4 is 0 Å². The van der Waals surface area contributed by atoms with Gasteiger partial charge in [-0.05, 0) is 3.71 Å². The molecule has 0 aromatic heterocycles. The van der Waals surface area contributed by atoms with Crippen molar-refractivity contribution in [2.24, 2.45) is 0 Å². The van der Waals surface area contributed by atoms with Crippen LogP contribution in [-0.4, -0.2) is 25.0 Å². The monoisotopic (exact) mass is 181 g/mol. The van der Waals surface area contributed by atoms with Crippen molar-refractivity contribution in [3.8, 4) is 0 Å². The van der Waals surface area contributed by atoms with Gasteiger partial charge in [0, 0.05) is 0 Å². The Hall–Kier alpha value is 0.120. The van der Waals surface area contributed by atoms with Crippen LogP contribution in [0.4, 0.5) is 0 Å². The van der Waals surface area contributed by atoms with Crippen molar-refractivity contribution in [3.63, 3.8) is 0 Å². The Bertz CT molecular complexity index is 163. The molecule has 1 saturated heterocycles. The molecule has 0 amide bonds. The van der Waals surface area contributed by atoms with Crippen LogP contribution in [0, 0.1) is 0 Å². The second-order valence-electron chi connectivity index (χ2n) is 1.58. The summed E-state index contributed by atoms with van der Waals surface area (Å²) >= 11 is -2.78. The fraction of sp³-hybridized carbons (Fsp3) is 0.500. The quantitative estimate of drug-likeness (QED) is 0.434. The number of nitrogens with zero attached hydrogens (tertiary/aromatic N) is 1. The minimum atomic E-state index is -1.53. The van der Waals surface area contributed by atoms with Crippen molar-refractivity contribution in [2.75, 3.05) is 12.5 Å². The molecule has 1 rings (SSSR count). The SMILES string of the molecule is C=CCN1S(=O)OC[S+]1[O-]. The molecule has 10 heavy (non-hydrogen) atoms. The van der Waals surface area contributed by atoms with Gasteiger partial charge in [0.05, 0.1) is 17.9 Å². The summed E-state index contributed by atoms with van der Waals surface area (Å²) in [6.07, 6.45) is 1.53. The average Bonchev–Trinajstić information content (AvgIpc) is 2.20. The highest BCUT2D eigenvalue weighted by molar-refractivity contribution is 8.01. The minimum Gasteiger partial charge on any atom is -0.595 e. The van der Waals surface area contributed by atoms with Crippen LogP contribution in [0.5, 0.6) is 0 Å². The average molecular weight is 181 g/mol. The van der Waals surface area contributed by atoms with E-state index in [9.17, 15) is 8.76 Å². The van der Waals surface area contributed by atoms with Crippen LogP contribution in [0.15, 0.2) is 12.7 Å². The van der Waals surface area contributed by atoms with Gasteiger partial charge in [0.2, 0.25) is 5.94 Å². The maximum atomic E-state index is 10.8. The Morgan fingerprint density at radius 1 is 2.00 bits per heavy atom. The van der Waals surface area contributed by atoms with Gasteiger partial charge < -0.3 is 4.55 Å². The van der Waals surface area contributed by atoms with Gasteiger partial charge in [-0.15, -0.1) is 6.58 Å². The van der Waals surface area contributed by atoms with E-state index in [1.54, 1.807) is 0 Å². The topological polar surface area (TPSA) is 52.6 Å². The Morgan fingerprint density at radius 2 is 2.70 bits per heavy atom. The minimum absolute atomic E-state index is 0.0282. The Morgan fingerprint density at radius 3 is 3.10 bits per heavy atom. The predicted molar refractivity (Wildman–Crippen MR) is 39.1 cm³/mol. The zero-order valence-electron chi connectivity index (χ0n) is 5.19. The second kappa shape index (κ2) is 3.49. The molecule has 2 atom stereocenters. The molecule has 0 bridgehead atoms. The van der Waals surface area contributed by atoms with E-state index in [4.69, 9.17) is 0 Å². The van der Waals surface area contributed by atoms with Gasteiger partial charge in [-0.2, -0.15) is 0 Å². The summed E-state index contributed by atoms with van der Waals surface area (Å²) < 4.78 is 27.4. The van der Waals surface area contributed by atoms with Crippen LogP contribution in [0.1, 0.15) is 0 Å². The van der Waals surface area contributed by atoms with Crippen molar-refractivity contribution in [1.29, 1.82) is 0 Å². The van der Waals surface area contributed by atoms with Crippen molar-refractivity contribution >= 4 is 22.6 Å². The molecule has 1 aliphatic heterocycles. The summed E-state index contributed by atoms with van der Waals surface area (Å²) in [6.45, 7) is 3.76. The molecule has 0 spiro atoms. The van der Waals surface area contributed by atoms with E-state index in [1.165, 1.54) is 9.79 Å². The van der Waals surface area contributed by atoms with Crippen LogP contribution in [0.3, 0.4) is 0 Å². The molecule has 6 heteroatoms. The largest absolute Gasteiger partial charge is 0.595 e. The number of hydrogen-bond donors (Lipinski definition) is 0. The molecule has 0 aromatic rings. The molecule has 1 aliphatic rings. The summed E-state index contributed by atoms with van der Waals surface area (Å²) in [5.74, 6) is 0.0282. The van der Waals surface area contributed by atoms with Crippen molar-refractivity contribution < 1.29 is 12.9 Å². The standard InChI is InChI=1S/C4H7NO3S2/c1-2-3-5-9(6)4-8-10(5)7/h2H,1,3-4H2. The molecule has 0 aromatic carbocycles. The first-order chi connectivity index (χ1) is 4.75. The first-order valence-corrected chi connectivity index (χ1v) is 4.88. The molecule has 0 saturated carbocycles. The predicted octanol–water partition coefficient (Wildman–Crippen LogP) is -0.295. The maximum Gasteiger partial charge on any atom is 0.285 e. The summed E-state index contributed by atoms with van der Waals surface area (Å²) in [7, 11) is 0. The number of hydrogen-bond acceptors (Lipinski definition) is 3. The fourth-order valence-electron chi connectivity index (χ4n) is 0.517. The van der Waals surface area contributed by atoms with E-state index in [-0.39, 0.29) is 5.94 Å². The highest BCUT2D eigenvalue weighted by atomic mass is 32.3. The van der Waals surface area contributed by atoms with Crippen molar-refractivity contribution in [2.45, 2.75) is 0 Å². The van der Waals surface area contributed by atoms with Gasteiger partial charge in [0.15, 0.2) is 0 Å². The lowest BCUT2D eigenvalue weighted by Gasteiger charge is -2.07. The van der Waals surface area contributed by atoms with Gasteiger partial charge in [0.1, 0.15) is 0 Å². The van der Waals surface area contributed by atoms with Crippen LogP contribution in [0.25, 0.3) is 0 Å². The lowest BCUT2D eigenvalue weighted by atomic mass is 10.7. The smallest absolute Gasteiger partial charge is 0.285 e. The van der Waals surface area contributed by atoms with Gasteiger partial charge in [0.25, 0.3) is 11.3 Å². The van der Waals surface area contributed by atoms with Gasteiger partial charge in [-0.1, -0.05) is 6.08 Å². The summed E-state index contributed by atoms with van der Waals surface area (Å²) in [5, 5.41) is 0. The highest BCUT2D eigenvalue weighted by Crippen LogP contribution is 2.15. The normalized spacial score (nSPS) is 34.5. The third kappa shape index (κ3) is 1.58. The van der Waals surface area contributed by atoms with Crippen LogP contribution in [-0.2, 0) is 26.8 Å². The Balaban J connectivity index is 2.53. The zero-order chi connectivity index (χ0) is 7.56. The lowest BCUT2D eigenvalue weighted by molar-refractivity contribution is 0.419. The molecule has 0 N–H and O–H groups in total. The van der Waals surface area contributed by atoms with Crippen LogP contribution in [0.2, 0.25) is 0 Å². The zero-order valence-corrected chi connectivity index (χ0v) is 6.82. The Kier molecular flexibility index (Phi) is 2.87. The summed E-state index contributed by atoms with van der Waals surface area (Å²) in [5.41, 5.74) is 0. The summed E-state index contributed by atoms with van der Waals surface area (Å²) in [4.78, 5) is 0. The first-order valence-electron chi connectivity index (χ1n) is 2.58. The van der Waals surface area contributed by atoms with Gasteiger partial charge >= 0.3 is 0 Å². The molecule has 2 unspecified atom stereocenters. The molecular formula is C4H7NO3S2. The Labute approximate surface area is 65.0 Å². The summed E-state index contributed by atoms with van der Waals surface area (Å²) in [6, 6.07) is 0. The molecule has 58 valence electrons. The molecule has 1 heterocycles. The highest BCUT2D eigenvalue weighted by Gasteiger charge is 2.34. The van der Waals surface area contributed by atoms with E-state index in [0.29, 0.717) is 6.54 Å². The molecule has 4 nitrogen and oxygen atoms in total. The van der Waals surface area contributed by atoms with E-state index < -0.39 is 22.6 Å². The van der Waals surface area contributed by atoms with E-state index in [2.05, 4.69) is 10.8 Å². The van der Waals surface area contributed by atoms with Crippen LogP contribution >= 0.6 is 0 Å². The first kappa shape index (κ1) is 8.22.